The first kappa shape index (κ1) is 17.2. The van der Waals surface area contributed by atoms with Crippen molar-refractivity contribution in [3.63, 3.8) is 0 Å². The Balaban J connectivity index is 1.78. The van der Waals surface area contributed by atoms with E-state index in [9.17, 15) is 14.4 Å². The minimum absolute atomic E-state index is 0.0558. The van der Waals surface area contributed by atoms with Crippen LogP contribution in [0.2, 0.25) is 0 Å². The van der Waals surface area contributed by atoms with Gasteiger partial charge in [-0.3, -0.25) is 9.36 Å². The molecule has 0 aliphatic heterocycles. The largest absolute Gasteiger partial charge is 0.449 e. The number of hydrogen-bond donors (Lipinski definition) is 1. The van der Waals surface area contributed by atoms with Gasteiger partial charge in [0, 0.05) is 12.1 Å². The van der Waals surface area contributed by atoms with Crippen molar-refractivity contribution in [2.24, 2.45) is 0 Å². The number of hydrogen-bond acceptors (Lipinski definition) is 4. The topological polar surface area (TPSA) is 81.2 Å². The van der Waals surface area contributed by atoms with Gasteiger partial charge in [-0.05, 0) is 37.3 Å². The molecule has 1 aromatic heterocycles. The number of H-pyrrole nitrogens is 1. The van der Waals surface area contributed by atoms with E-state index >= 15 is 0 Å². The Bertz CT molecular complexity index is 1130. The van der Waals surface area contributed by atoms with Crippen LogP contribution in [0.5, 0.6) is 0 Å². The summed E-state index contributed by atoms with van der Waals surface area (Å²) < 4.78 is 6.21. The van der Waals surface area contributed by atoms with Crippen LogP contribution in [0, 0.1) is 11.8 Å². The van der Waals surface area contributed by atoms with Crippen LogP contribution in [0.15, 0.2) is 58.1 Å². The van der Waals surface area contributed by atoms with E-state index in [0.29, 0.717) is 10.9 Å². The van der Waals surface area contributed by atoms with Gasteiger partial charge in [0.2, 0.25) is 0 Å². The van der Waals surface area contributed by atoms with Crippen molar-refractivity contribution in [1.29, 1.82) is 0 Å². The molecule has 0 aliphatic carbocycles. The summed E-state index contributed by atoms with van der Waals surface area (Å²) in [6.07, 6.45) is 0. The molecule has 0 atom stereocenters. The van der Waals surface area contributed by atoms with E-state index in [-0.39, 0.29) is 24.3 Å². The maximum atomic E-state index is 12.2. The fourth-order valence-corrected chi connectivity index (χ4v) is 2.51. The monoisotopic (exact) mass is 348 g/mol. The van der Waals surface area contributed by atoms with E-state index in [1.54, 1.807) is 6.92 Å². The minimum atomic E-state index is -0.574. The summed E-state index contributed by atoms with van der Waals surface area (Å²) in [7, 11) is 0. The first-order chi connectivity index (χ1) is 12.6. The minimum Gasteiger partial charge on any atom is -0.449 e. The molecular formula is C20H16N2O4. The summed E-state index contributed by atoms with van der Waals surface area (Å²) in [5.41, 5.74) is 0.473. The predicted octanol–water partition coefficient (Wildman–Crippen LogP) is 1.92. The van der Waals surface area contributed by atoms with Crippen LogP contribution in [0.4, 0.5) is 0 Å². The molecule has 0 saturated heterocycles. The molecule has 130 valence electrons. The summed E-state index contributed by atoms with van der Waals surface area (Å²) in [6, 6.07) is 13.8. The fraction of sp³-hybridized carbons (Fsp3) is 0.150. The molecule has 1 N–H and O–H groups in total. The van der Waals surface area contributed by atoms with Crippen LogP contribution in [-0.2, 0) is 11.3 Å². The number of rotatable bonds is 3. The Hall–Kier alpha value is -3.59. The molecule has 2 aromatic carbocycles. The Labute approximate surface area is 149 Å². The Morgan fingerprint density at radius 3 is 2.65 bits per heavy atom. The van der Waals surface area contributed by atoms with E-state index in [4.69, 9.17) is 4.74 Å². The number of benzene rings is 2. The number of aromatic nitrogens is 2. The van der Waals surface area contributed by atoms with Crippen LogP contribution in [-0.4, -0.2) is 22.1 Å². The van der Waals surface area contributed by atoms with Gasteiger partial charge in [-0.2, -0.15) is 0 Å². The van der Waals surface area contributed by atoms with Crippen LogP contribution >= 0.6 is 0 Å². The predicted molar refractivity (Wildman–Crippen MR) is 98.1 cm³/mol. The zero-order valence-electron chi connectivity index (χ0n) is 14.1. The number of esters is 1. The van der Waals surface area contributed by atoms with Crippen molar-refractivity contribution in [3.8, 4) is 11.8 Å². The van der Waals surface area contributed by atoms with Gasteiger partial charge in [0.1, 0.15) is 0 Å². The smallest absolute Gasteiger partial charge is 0.339 e. The van der Waals surface area contributed by atoms with E-state index in [1.807, 2.05) is 30.3 Å². The number of fused-ring (bicyclic) bond motifs is 1. The maximum absolute atomic E-state index is 12.2. The van der Waals surface area contributed by atoms with Gasteiger partial charge < -0.3 is 9.72 Å². The Morgan fingerprint density at radius 2 is 1.92 bits per heavy atom. The molecule has 0 bridgehead atoms. The highest BCUT2D eigenvalue weighted by molar-refractivity contribution is 5.94. The van der Waals surface area contributed by atoms with Gasteiger partial charge in [0.25, 0.3) is 5.56 Å². The highest BCUT2D eigenvalue weighted by Gasteiger charge is 2.11. The van der Waals surface area contributed by atoms with Crippen molar-refractivity contribution in [3.05, 3.63) is 80.5 Å². The second-order valence-electron chi connectivity index (χ2n) is 5.48. The molecule has 0 amide bonds. The highest BCUT2D eigenvalue weighted by Crippen LogP contribution is 2.10. The number of ether oxygens (including phenoxy) is 1. The molecule has 3 rings (SSSR count). The average molecular weight is 348 g/mol. The normalized spacial score (nSPS) is 10.2. The van der Waals surface area contributed by atoms with Gasteiger partial charge in [0.15, 0.2) is 6.61 Å². The molecule has 0 spiro atoms. The summed E-state index contributed by atoms with van der Waals surface area (Å²) in [6.45, 7) is 1.93. The van der Waals surface area contributed by atoms with Crippen LogP contribution in [0.25, 0.3) is 10.9 Å². The van der Waals surface area contributed by atoms with E-state index in [2.05, 4.69) is 16.8 Å². The van der Waals surface area contributed by atoms with Crippen molar-refractivity contribution < 1.29 is 9.53 Å². The molecule has 0 saturated carbocycles. The van der Waals surface area contributed by atoms with Crippen LogP contribution < -0.4 is 11.2 Å². The first-order valence-electron chi connectivity index (χ1n) is 8.08. The second-order valence-corrected chi connectivity index (χ2v) is 5.48. The van der Waals surface area contributed by atoms with E-state index < -0.39 is 11.7 Å². The molecule has 0 radical (unpaired) electrons. The van der Waals surface area contributed by atoms with Crippen LogP contribution in [0.3, 0.4) is 0 Å². The summed E-state index contributed by atoms with van der Waals surface area (Å²) in [5.74, 6) is 5.08. The third-order valence-electron chi connectivity index (χ3n) is 3.82. The Morgan fingerprint density at radius 1 is 1.15 bits per heavy atom. The van der Waals surface area contributed by atoms with E-state index in [0.717, 1.165) is 10.1 Å². The van der Waals surface area contributed by atoms with Crippen molar-refractivity contribution in [2.45, 2.75) is 13.5 Å². The lowest BCUT2D eigenvalue weighted by atomic mass is 10.1. The van der Waals surface area contributed by atoms with Crippen molar-refractivity contribution >= 4 is 16.9 Å². The molecule has 0 aliphatic rings. The zero-order valence-corrected chi connectivity index (χ0v) is 14.1. The summed E-state index contributed by atoms with van der Waals surface area (Å²) in [4.78, 5) is 38.8. The summed E-state index contributed by atoms with van der Waals surface area (Å²) >= 11 is 0. The van der Waals surface area contributed by atoms with Crippen molar-refractivity contribution in [1.82, 2.24) is 9.55 Å². The maximum Gasteiger partial charge on any atom is 0.339 e. The third kappa shape index (κ3) is 3.57. The standard InChI is InChI=1S/C20H16N2O4/c1-2-22-18(23)16-11-10-15(13-17(16)21-20(22)25)19(24)26-12-6-9-14-7-4-3-5-8-14/h3-5,7-8,10-11,13H,2,12H2,1H3,(H,21,25). The molecule has 26 heavy (non-hydrogen) atoms. The van der Waals surface area contributed by atoms with Gasteiger partial charge >= 0.3 is 11.7 Å². The lowest BCUT2D eigenvalue weighted by Crippen LogP contribution is -2.34. The van der Waals surface area contributed by atoms with Gasteiger partial charge in [-0.15, -0.1) is 0 Å². The average Bonchev–Trinajstić information content (AvgIpc) is 2.65. The molecular weight excluding hydrogens is 332 g/mol. The molecule has 0 fully saturated rings. The third-order valence-corrected chi connectivity index (χ3v) is 3.82. The second kappa shape index (κ2) is 7.53. The molecule has 3 aromatic rings. The lowest BCUT2D eigenvalue weighted by molar-refractivity contribution is 0.0557. The van der Waals surface area contributed by atoms with Gasteiger partial charge in [-0.25, -0.2) is 9.59 Å². The SMILES string of the molecule is CCn1c(=O)[nH]c2cc(C(=O)OCC#Cc3ccccc3)ccc2c1=O. The fourth-order valence-electron chi connectivity index (χ4n) is 2.51. The molecule has 6 heteroatoms. The number of carbonyl (C=O) groups excluding carboxylic acids is 1. The number of carbonyl (C=O) groups is 1. The number of nitrogens with zero attached hydrogens (tertiary/aromatic N) is 1. The first-order valence-corrected chi connectivity index (χ1v) is 8.08. The van der Waals surface area contributed by atoms with Gasteiger partial charge in [-0.1, -0.05) is 30.0 Å². The van der Waals surface area contributed by atoms with Gasteiger partial charge in [0.05, 0.1) is 16.5 Å². The number of aromatic amines is 1. The number of nitrogens with one attached hydrogen (secondary N) is 1. The molecule has 0 unspecified atom stereocenters. The lowest BCUT2D eigenvalue weighted by Gasteiger charge is -2.05. The van der Waals surface area contributed by atoms with Crippen LogP contribution in [0.1, 0.15) is 22.8 Å². The quantitative estimate of drug-likeness (QED) is 0.579. The summed E-state index contributed by atoms with van der Waals surface area (Å²) in [5, 5.41) is 0.340. The van der Waals surface area contributed by atoms with E-state index in [1.165, 1.54) is 18.2 Å². The molecule has 6 nitrogen and oxygen atoms in total. The van der Waals surface area contributed by atoms with Crippen molar-refractivity contribution in [2.75, 3.05) is 6.61 Å². The molecule has 1 heterocycles. The Kier molecular flexibility index (Phi) is 4.99. The highest BCUT2D eigenvalue weighted by atomic mass is 16.5. The zero-order chi connectivity index (χ0) is 18.5.